The predicted molar refractivity (Wildman–Crippen MR) is 57.2 cm³/mol. The van der Waals surface area contributed by atoms with Crippen LogP contribution in [0.5, 0.6) is 0 Å². The van der Waals surface area contributed by atoms with E-state index in [1.807, 2.05) is 0 Å². The maximum atomic E-state index is 11.5. The van der Waals surface area contributed by atoms with Gasteiger partial charge < -0.3 is 4.90 Å². The first-order valence-electron chi connectivity index (χ1n) is 4.04. The Bertz CT molecular complexity index is 442. The lowest BCUT2D eigenvalue weighted by atomic mass is 10.5. The van der Waals surface area contributed by atoms with Crippen LogP contribution in [0.15, 0.2) is 11.1 Å². The number of carbonyl (C=O) groups is 1. The molecule has 0 atom stereocenters. The van der Waals surface area contributed by atoms with E-state index in [1.165, 1.54) is 11.2 Å². The van der Waals surface area contributed by atoms with Crippen LogP contribution in [-0.4, -0.2) is 34.5 Å². The number of halogens is 2. The van der Waals surface area contributed by atoms with Gasteiger partial charge >= 0.3 is 0 Å². The van der Waals surface area contributed by atoms with Crippen molar-refractivity contribution < 1.29 is 4.79 Å². The van der Waals surface area contributed by atoms with Crippen LogP contribution in [0.4, 0.5) is 0 Å². The number of aromatic nitrogens is 2. The third-order valence-corrected chi connectivity index (χ3v) is 2.47. The van der Waals surface area contributed by atoms with Crippen molar-refractivity contribution in [3.8, 4) is 0 Å². The largest absolute Gasteiger partial charge is 0.347 e. The molecule has 0 fully saturated rings. The lowest BCUT2D eigenvalue weighted by molar-refractivity contribution is -0.129. The van der Waals surface area contributed by atoms with E-state index in [9.17, 15) is 9.59 Å². The third-order valence-electron chi connectivity index (χ3n) is 1.74. The fourth-order valence-electron chi connectivity index (χ4n) is 0.844. The highest BCUT2D eigenvalue weighted by Gasteiger charge is 2.11. The summed E-state index contributed by atoms with van der Waals surface area (Å²) in [6.07, 6.45) is 1.19. The van der Waals surface area contributed by atoms with Crippen molar-refractivity contribution in [1.29, 1.82) is 0 Å². The summed E-state index contributed by atoms with van der Waals surface area (Å²) in [7, 11) is 3.19. The second kappa shape index (κ2) is 4.63. The fraction of sp³-hybridized carbons (Fsp3) is 0.375. The first-order valence-corrected chi connectivity index (χ1v) is 4.79. The van der Waals surface area contributed by atoms with Gasteiger partial charge in [0.25, 0.3) is 5.56 Å². The Kier molecular flexibility index (Phi) is 3.71. The van der Waals surface area contributed by atoms with Gasteiger partial charge in [0.2, 0.25) is 5.91 Å². The van der Waals surface area contributed by atoms with E-state index >= 15 is 0 Å². The first kappa shape index (κ1) is 12.0. The first-order chi connectivity index (χ1) is 6.93. The molecule has 0 bridgehead atoms. The highest BCUT2D eigenvalue weighted by molar-refractivity contribution is 6.40. The third kappa shape index (κ3) is 2.70. The van der Waals surface area contributed by atoms with E-state index in [0.717, 1.165) is 4.57 Å². The molecule has 1 aromatic heterocycles. The summed E-state index contributed by atoms with van der Waals surface area (Å²) in [5, 5.41) is -0.235. The Morgan fingerprint density at radius 1 is 1.53 bits per heavy atom. The summed E-state index contributed by atoms with van der Waals surface area (Å²) in [5.74, 6) is -0.225. The van der Waals surface area contributed by atoms with Crippen LogP contribution in [0.1, 0.15) is 0 Å². The minimum atomic E-state index is -0.521. The zero-order chi connectivity index (χ0) is 11.6. The molecule has 0 aliphatic carbocycles. The number of likely N-dealkylation sites (N-methyl/N-ethyl adjacent to an activating group) is 1. The Balaban J connectivity index is 3.03. The summed E-state index contributed by atoms with van der Waals surface area (Å²) in [4.78, 5) is 27.9. The molecule has 1 amide bonds. The maximum absolute atomic E-state index is 11.5. The molecule has 15 heavy (non-hydrogen) atoms. The highest BCUT2D eigenvalue weighted by Crippen LogP contribution is 2.12. The molecule has 0 spiro atoms. The van der Waals surface area contributed by atoms with Crippen LogP contribution in [0.25, 0.3) is 0 Å². The maximum Gasteiger partial charge on any atom is 0.274 e. The monoisotopic (exact) mass is 249 g/mol. The summed E-state index contributed by atoms with van der Waals surface area (Å²) >= 11 is 11.1. The Hall–Kier alpha value is -1.07. The van der Waals surface area contributed by atoms with E-state index in [1.54, 1.807) is 14.1 Å². The van der Waals surface area contributed by atoms with Crippen LogP contribution in [0.3, 0.4) is 0 Å². The van der Waals surface area contributed by atoms with Crippen molar-refractivity contribution in [2.45, 2.75) is 6.54 Å². The van der Waals surface area contributed by atoms with Crippen molar-refractivity contribution in [3.63, 3.8) is 0 Å². The van der Waals surface area contributed by atoms with E-state index < -0.39 is 5.56 Å². The number of amides is 1. The van der Waals surface area contributed by atoms with E-state index in [0.29, 0.717) is 0 Å². The van der Waals surface area contributed by atoms with E-state index in [2.05, 4.69) is 4.98 Å². The topological polar surface area (TPSA) is 55.2 Å². The molecule has 1 rings (SSSR count). The standard InChI is InChI=1S/C8H9Cl2N3O2/c1-12(2)5(14)3-13-4-11-7(10)6(9)8(13)15/h4H,3H2,1-2H3. The number of nitrogens with zero attached hydrogens (tertiary/aromatic N) is 3. The zero-order valence-corrected chi connectivity index (χ0v) is 9.71. The van der Waals surface area contributed by atoms with Gasteiger partial charge in [0, 0.05) is 14.1 Å². The smallest absolute Gasteiger partial charge is 0.274 e. The second-order valence-corrected chi connectivity index (χ2v) is 3.81. The van der Waals surface area contributed by atoms with Gasteiger partial charge in [-0.1, -0.05) is 23.2 Å². The average molecular weight is 250 g/mol. The molecule has 0 aromatic carbocycles. The molecule has 0 saturated carbocycles. The van der Waals surface area contributed by atoms with Gasteiger partial charge in [-0.25, -0.2) is 4.98 Å². The molecule has 1 heterocycles. The minimum Gasteiger partial charge on any atom is -0.347 e. The van der Waals surface area contributed by atoms with Gasteiger partial charge in [-0.3, -0.25) is 14.2 Å². The second-order valence-electron chi connectivity index (χ2n) is 3.07. The van der Waals surface area contributed by atoms with Crippen LogP contribution >= 0.6 is 23.2 Å². The number of carbonyl (C=O) groups excluding carboxylic acids is 1. The summed E-state index contributed by atoms with van der Waals surface area (Å²) < 4.78 is 1.11. The van der Waals surface area contributed by atoms with Crippen LogP contribution < -0.4 is 5.56 Å². The molecule has 0 N–H and O–H groups in total. The molecule has 0 saturated heterocycles. The van der Waals surface area contributed by atoms with Gasteiger partial charge in [0.15, 0.2) is 5.15 Å². The minimum absolute atomic E-state index is 0.0600. The molecule has 7 heteroatoms. The number of hydrogen-bond acceptors (Lipinski definition) is 3. The van der Waals surface area contributed by atoms with E-state index in [4.69, 9.17) is 23.2 Å². The summed E-state index contributed by atoms with van der Waals surface area (Å²) in [6.45, 7) is -0.101. The van der Waals surface area contributed by atoms with Crippen LogP contribution in [0.2, 0.25) is 10.2 Å². The molecule has 82 valence electrons. The predicted octanol–water partition coefficient (Wildman–Crippen LogP) is 0.638. The number of rotatable bonds is 2. The molecule has 0 radical (unpaired) electrons. The lowest BCUT2D eigenvalue weighted by Gasteiger charge is -2.11. The molecule has 5 nitrogen and oxygen atoms in total. The highest BCUT2D eigenvalue weighted by atomic mass is 35.5. The normalized spacial score (nSPS) is 10.1. The molecular weight excluding hydrogens is 241 g/mol. The van der Waals surface area contributed by atoms with Gasteiger partial charge in [0.05, 0.1) is 6.33 Å². The van der Waals surface area contributed by atoms with Gasteiger partial charge in [-0.05, 0) is 0 Å². The SMILES string of the molecule is CN(C)C(=O)Cn1cnc(Cl)c(Cl)c1=O. The molecule has 0 aliphatic rings. The Morgan fingerprint density at radius 2 is 2.13 bits per heavy atom. The zero-order valence-electron chi connectivity index (χ0n) is 8.20. The molecule has 1 aromatic rings. The fourth-order valence-corrected chi connectivity index (χ4v) is 1.13. The Morgan fingerprint density at radius 3 is 2.67 bits per heavy atom. The van der Waals surface area contributed by atoms with Gasteiger partial charge in [-0.2, -0.15) is 0 Å². The van der Waals surface area contributed by atoms with Gasteiger partial charge in [-0.15, -0.1) is 0 Å². The van der Waals surface area contributed by atoms with Crippen molar-refractivity contribution in [2.24, 2.45) is 0 Å². The average Bonchev–Trinajstić information content (AvgIpc) is 2.18. The van der Waals surface area contributed by atoms with Gasteiger partial charge in [0.1, 0.15) is 11.6 Å². The Labute approximate surface area is 96.2 Å². The van der Waals surface area contributed by atoms with Crippen LogP contribution in [-0.2, 0) is 11.3 Å². The molecule has 0 aliphatic heterocycles. The van der Waals surface area contributed by atoms with Crippen LogP contribution in [0, 0.1) is 0 Å². The van der Waals surface area contributed by atoms with Crippen molar-refractivity contribution in [3.05, 3.63) is 26.9 Å². The van der Waals surface area contributed by atoms with E-state index in [-0.39, 0.29) is 22.6 Å². The summed E-state index contributed by atoms with van der Waals surface area (Å²) in [6, 6.07) is 0. The summed E-state index contributed by atoms with van der Waals surface area (Å²) in [5.41, 5.74) is -0.521. The quantitative estimate of drug-likeness (QED) is 0.723. The van der Waals surface area contributed by atoms with Crippen molar-refractivity contribution in [2.75, 3.05) is 14.1 Å². The number of hydrogen-bond donors (Lipinski definition) is 0. The molecular formula is C8H9Cl2N3O2. The van der Waals surface area contributed by atoms with Crippen molar-refractivity contribution in [1.82, 2.24) is 14.5 Å². The van der Waals surface area contributed by atoms with Crippen molar-refractivity contribution >= 4 is 29.1 Å². The molecule has 0 unspecified atom stereocenters. The lowest BCUT2D eigenvalue weighted by Crippen LogP contribution is -2.31.